The van der Waals surface area contributed by atoms with E-state index in [1.165, 1.54) is 0 Å². The van der Waals surface area contributed by atoms with Crippen LogP contribution in [0.15, 0.2) is 24.3 Å². The van der Waals surface area contributed by atoms with E-state index in [4.69, 9.17) is 22.1 Å². The van der Waals surface area contributed by atoms with Gasteiger partial charge in [0.2, 0.25) is 11.8 Å². The van der Waals surface area contributed by atoms with Crippen LogP contribution in [0.1, 0.15) is 16.8 Å². The lowest BCUT2D eigenvalue weighted by Gasteiger charge is -2.11. The smallest absolute Gasteiger partial charge is 0.223 e. The van der Waals surface area contributed by atoms with Gasteiger partial charge in [0.05, 0.1) is 12.8 Å². The molecule has 2 N–H and O–H groups in total. The van der Waals surface area contributed by atoms with Gasteiger partial charge in [-0.2, -0.15) is 4.98 Å². The summed E-state index contributed by atoms with van der Waals surface area (Å²) in [5, 5.41) is 0.709. The third-order valence-electron chi connectivity index (χ3n) is 2.66. The maximum absolute atomic E-state index is 5.97. The Labute approximate surface area is 111 Å². The van der Waals surface area contributed by atoms with Crippen molar-refractivity contribution in [2.45, 2.75) is 13.3 Å². The van der Waals surface area contributed by atoms with Crippen molar-refractivity contribution in [2.24, 2.45) is 0 Å². The van der Waals surface area contributed by atoms with Crippen LogP contribution in [0.25, 0.3) is 0 Å². The first-order valence-corrected chi connectivity index (χ1v) is 5.89. The van der Waals surface area contributed by atoms with Gasteiger partial charge in [0.25, 0.3) is 0 Å². The predicted octanol–water partition coefficient (Wildman–Crippen LogP) is 2.62. The molecule has 0 unspecified atom stereocenters. The van der Waals surface area contributed by atoms with Gasteiger partial charge in [-0.15, -0.1) is 0 Å². The second kappa shape index (κ2) is 5.23. The van der Waals surface area contributed by atoms with Gasteiger partial charge in [-0.25, -0.2) is 4.98 Å². The topological polar surface area (TPSA) is 61.0 Å². The molecule has 0 bridgehead atoms. The summed E-state index contributed by atoms with van der Waals surface area (Å²) >= 11 is 5.97. The summed E-state index contributed by atoms with van der Waals surface area (Å²) in [5.41, 5.74) is 8.42. The van der Waals surface area contributed by atoms with Gasteiger partial charge in [-0.3, -0.25) is 0 Å². The Morgan fingerprint density at radius 1 is 1.33 bits per heavy atom. The van der Waals surface area contributed by atoms with E-state index in [9.17, 15) is 0 Å². The zero-order valence-electron chi connectivity index (χ0n) is 10.3. The minimum atomic E-state index is 0.221. The fourth-order valence-electron chi connectivity index (χ4n) is 1.81. The van der Waals surface area contributed by atoms with Gasteiger partial charge in [0.1, 0.15) is 0 Å². The van der Waals surface area contributed by atoms with Crippen LogP contribution < -0.4 is 10.5 Å². The number of hydrogen-bond acceptors (Lipinski definition) is 4. The molecule has 0 aliphatic rings. The lowest BCUT2D eigenvalue weighted by Crippen LogP contribution is -2.05. The SMILES string of the molecule is COc1nc(N)nc(C)c1Cc1cccc(Cl)c1. The summed E-state index contributed by atoms with van der Waals surface area (Å²) in [6, 6.07) is 7.67. The van der Waals surface area contributed by atoms with E-state index in [-0.39, 0.29) is 5.95 Å². The van der Waals surface area contributed by atoms with E-state index in [0.29, 0.717) is 17.3 Å². The van der Waals surface area contributed by atoms with Crippen molar-refractivity contribution in [2.75, 3.05) is 12.8 Å². The summed E-state index contributed by atoms with van der Waals surface area (Å²) in [6.07, 6.45) is 0.663. The molecule has 0 aliphatic heterocycles. The van der Waals surface area contributed by atoms with E-state index in [1.807, 2.05) is 31.2 Å². The monoisotopic (exact) mass is 263 g/mol. The van der Waals surface area contributed by atoms with Gasteiger partial charge in [0.15, 0.2) is 0 Å². The fourth-order valence-corrected chi connectivity index (χ4v) is 2.03. The largest absolute Gasteiger partial charge is 0.481 e. The Balaban J connectivity index is 2.39. The molecular formula is C13H14ClN3O. The first-order valence-electron chi connectivity index (χ1n) is 5.51. The molecule has 0 radical (unpaired) electrons. The Hall–Kier alpha value is -1.81. The number of nitrogens with zero attached hydrogens (tertiary/aromatic N) is 2. The average Bonchev–Trinajstić information content (AvgIpc) is 2.32. The molecule has 0 saturated heterocycles. The minimum Gasteiger partial charge on any atom is -0.481 e. The summed E-state index contributed by atoms with van der Waals surface area (Å²) in [4.78, 5) is 8.24. The molecule has 0 fully saturated rings. The second-order valence-electron chi connectivity index (χ2n) is 3.96. The highest BCUT2D eigenvalue weighted by atomic mass is 35.5. The van der Waals surface area contributed by atoms with E-state index >= 15 is 0 Å². The number of ether oxygens (including phenoxy) is 1. The van der Waals surface area contributed by atoms with Crippen LogP contribution in [-0.2, 0) is 6.42 Å². The number of benzene rings is 1. The van der Waals surface area contributed by atoms with Gasteiger partial charge >= 0.3 is 0 Å². The van der Waals surface area contributed by atoms with E-state index in [0.717, 1.165) is 16.8 Å². The van der Waals surface area contributed by atoms with Gasteiger partial charge in [0, 0.05) is 17.0 Å². The highest BCUT2D eigenvalue weighted by Crippen LogP contribution is 2.23. The van der Waals surface area contributed by atoms with Crippen LogP contribution in [0.4, 0.5) is 5.95 Å². The van der Waals surface area contributed by atoms with Gasteiger partial charge in [-0.1, -0.05) is 23.7 Å². The average molecular weight is 264 g/mol. The first kappa shape index (κ1) is 12.6. The van der Waals surface area contributed by atoms with Crippen LogP contribution in [-0.4, -0.2) is 17.1 Å². The Morgan fingerprint density at radius 2 is 2.11 bits per heavy atom. The van der Waals surface area contributed by atoms with Crippen molar-refractivity contribution in [3.8, 4) is 5.88 Å². The number of hydrogen-bond donors (Lipinski definition) is 1. The van der Waals surface area contributed by atoms with E-state index in [2.05, 4.69) is 9.97 Å². The molecule has 2 rings (SSSR count). The number of aryl methyl sites for hydroxylation is 1. The van der Waals surface area contributed by atoms with Crippen molar-refractivity contribution >= 4 is 17.5 Å². The lowest BCUT2D eigenvalue weighted by atomic mass is 10.0. The number of aromatic nitrogens is 2. The summed E-state index contributed by atoms with van der Waals surface area (Å²) in [5.74, 6) is 0.735. The first-order chi connectivity index (χ1) is 8.60. The summed E-state index contributed by atoms with van der Waals surface area (Å²) in [6.45, 7) is 1.89. The normalized spacial score (nSPS) is 10.4. The van der Waals surface area contributed by atoms with Crippen molar-refractivity contribution in [1.29, 1.82) is 0 Å². The molecule has 18 heavy (non-hydrogen) atoms. The molecule has 0 spiro atoms. The van der Waals surface area contributed by atoms with Crippen molar-refractivity contribution in [1.82, 2.24) is 9.97 Å². The maximum Gasteiger partial charge on any atom is 0.223 e. The predicted molar refractivity (Wildman–Crippen MR) is 72.0 cm³/mol. The molecule has 0 aliphatic carbocycles. The number of nitrogens with two attached hydrogens (primary N) is 1. The standard InChI is InChI=1S/C13H14ClN3O/c1-8-11(12(18-2)17-13(15)16-8)7-9-4-3-5-10(14)6-9/h3-6H,7H2,1-2H3,(H2,15,16,17). The number of halogens is 1. The number of nitrogen functional groups attached to an aromatic ring is 1. The fraction of sp³-hybridized carbons (Fsp3) is 0.231. The molecule has 94 valence electrons. The van der Waals surface area contributed by atoms with Crippen molar-refractivity contribution in [3.63, 3.8) is 0 Å². The van der Waals surface area contributed by atoms with Crippen molar-refractivity contribution < 1.29 is 4.74 Å². The highest BCUT2D eigenvalue weighted by molar-refractivity contribution is 6.30. The van der Waals surface area contributed by atoms with Crippen LogP contribution >= 0.6 is 11.6 Å². The molecule has 1 aromatic heterocycles. The minimum absolute atomic E-state index is 0.221. The Kier molecular flexibility index (Phi) is 3.67. The molecule has 1 heterocycles. The third kappa shape index (κ3) is 2.71. The molecule has 2 aromatic rings. The lowest BCUT2D eigenvalue weighted by molar-refractivity contribution is 0.392. The molecule has 0 atom stereocenters. The van der Waals surface area contributed by atoms with Gasteiger partial charge < -0.3 is 10.5 Å². The second-order valence-corrected chi connectivity index (χ2v) is 4.40. The Morgan fingerprint density at radius 3 is 2.78 bits per heavy atom. The molecule has 4 nitrogen and oxygen atoms in total. The molecule has 1 aromatic carbocycles. The molecule has 5 heteroatoms. The number of methoxy groups -OCH3 is 1. The third-order valence-corrected chi connectivity index (χ3v) is 2.89. The van der Waals surface area contributed by atoms with E-state index < -0.39 is 0 Å². The van der Waals surface area contributed by atoms with Crippen LogP contribution in [0.3, 0.4) is 0 Å². The summed E-state index contributed by atoms with van der Waals surface area (Å²) < 4.78 is 5.25. The van der Waals surface area contributed by atoms with Crippen LogP contribution in [0.5, 0.6) is 5.88 Å². The number of anilines is 1. The maximum atomic E-state index is 5.97. The van der Waals surface area contributed by atoms with Crippen LogP contribution in [0, 0.1) is 6.92 Å². The zero-order valence-corrected chi connectivity index (χ0v) is 11.0. The van der Waals surface area contributed by atoms with E-state index in [1.54, 1.807) is 7.11 Å². The van der Waals surface area contributed by atoms with Crippen molar-refractivity contribution in [3.05, 3.63) is 46.1 Å². The number of rotatable bonds is 3. The quantitative estimate of drug-likeness (QED) is 0.925. The highest BCUT2D eigenvalue weighted by Gasteiger charge is 2.11. The molecule has 0 saturated carbocycles. The Bertz CT molecular complexity index is 572. The molecular weight excluding hydrogens is 250 g/mol. The van der Waals surface area contributed by atoms with Crippen LogP contribution in [0.2, 0.25) is 5.02 Å². The summed E-state index contributed by atoms with van der Waals surface area (Å²) in [7, 11) is 1.57. The van der Waals surface area contributed by atoms with Gasteiger partial charge in [-0.05, 0) is 24.6 Å². The zero-order chi connectivity index (χ0) is 13.1. The molecule has 0 amide bonds.